The van der Waals surface area contributed by atoms with E-state index in [1.54, 1.807) is 18.9 Å². The molecule has 1 amide bonds. The summed E-state index contributed by atoms with van der Waals surface area (Å²) in [7, 11) is 1.65. The normalized spacial score (nSPS) is 21.1. The third-order valence-electron chi connectivity index (χ3n) is 3.99. The second-order valence-electron chi connectivity index (χ2n) is 5.57. The van der Waals surface area contributed by atoms with Gasteiger partial charge in [-0.3, -0.25) is 4.79 Å². The fourth-order valence-corrected chi connectivity index (χ4v) is 3.49. The minimum Gasteiger partial charge on any atom is -0.497 e. The molecule has 1 aromatic carbocycles. The van der Waals surface area contributed by atoms with E-state index >= 15 is 0 Å². The predicted molar refractivity (Wildman–Crippen MR) is 93.9 cm³/mol. The van der Waals surface area contributed by atoms with Crippen molar-refractivity contribution in [3.63, 3.8) is 0 Å². The van der Waals surface area contributed by atoms with Gasteiger partial charge in [0.25, 0.3) is 0 Å². The number of rotatable bonds is 5. The molecule has 1 aliphatic rings. The minimum absolute atomic E-state index is 0. The lowest BCUT2D eigenvalue weighted by atomic mass is 9.92. The highest BCUT2D eigenvalue weighted by Crippen LogP contribution is 2.25. The molecular weight excluding hydrogens is 320 g/mol. The van der Waals surface area contributed by atoms with E-state index in [9.17, 15) is 4.79 Å². The van der Waals surface area contributed by atoms with E-state index in [0.29, 0.717) is 18.2 Å². The monoisotopic (exact) mass is 344 g/mol. The quantitative estimate of drug-likeness (QED) is 0.834. The Hall–Kier alpha value is -0.910. The fraction of sp³-hybridized carbons (Fsp3) is 0.562. The highest BCUT2D eigenvalue weighted by atomic mass is 35.5. The molecular formula is C16H25ClN2O2S. The molecule has 1 fully saturated rings. The average molecular weight is 345 g/mol. The number of likely N-dealkylation sites (tertiary alicyclic amines) is 1. The maximum absolute atomic E-state index is 12.4. The van der Waals surface area contributed by atoms with Crippen LogP contribution in [0.4, 0.5) is 0 Å². The molecule has 0 aromatic heterocycles. The van der Waals surface area contributed by atoms with Gasteiger partial charge in [0.1, 0.15) is 5.75 Å². The molecule has 0 bridgehead atoms. The molecule has 1 heterocycles. The van der Waals surface area contributed by atoms with E-state index in [1.807, 2.05) is 29.2 Å². The maximum Gasteiger partial charge on any atom is 0.233 e. The molecule has 1 aliphatic heterocycles. The number of thioether (sulfide) groups is 1. The molecule has 6 heteroatoms. The zero-order valence-corrected chi connectivity index (χ0v) is 14.8. The first-order valence-corrected chi connectivity index (χ1v) is 8.39. The van der Waals surface area contributed by atoms with Crippen LogP contribution in [0.3, 0.4) is 0 Å². The lowest BCUT2D eigenvalue weighted by Gasteiger charge is -2.38. The summed E-state index contributed by atoms with van der Waals surface area (Å²) in [6.07, 6.45) is 2.10. The first kappa shape index (κ1) is 19.1. The number of methoxy groups -OCH3 is 1. The summed E-state index contributed by atoms with van der Waals surface area (Å²) in [4.78, 5) is 15.4. The van der Waals surface area contributed by atoms with Crippen LogP contribution in [-0.4, -0.2) is 42.8 Å². The molecule has 124 valence electrons. The predicted octanol–water partition coefficient (Wildman–Crippen LogP) is 2.79. The fourth-order valence-electron chi connectivity index (χ4n) is 2.70. The van der Waals surface area contributed by atoms with E-state index in [2.05, 4.69) is 6.92 Å². The Morgan fingerprint density at radius 1 is 1.41 bits per heavy atom. The summed E-state index contributed by atoms with van der Waals surface area (Å²) >= 11 is 1.57. The number of nitrogens with zero attached hydrogens (tertiary/aromatic N) is 1. The smallest absolute Gasteiger partial charge is 0.233 e. The van der Waals surface area contributed by atoms with Gasteiger partial charge in [-0.25, -0.2) is 0 Å². The van der Waals surface area contributed by atoms with Crippen molar-refractivity contribution in [2.45, 2.75) is 30.7 Å². The molecule has 22 heavy (non-hydrogen) atoms. The summed E-state index contributed by atoms with van der Waals surface area (Å²) in [5.74, 6) is 2.16. The molecule has 0 aliphatic carbocycles. The van der Waals surface area contributed by atoms with Gasteiger partial charge >= 0.3 is 0 Å². The second kappa shape index (κ2) is 9.28. The van der Waals surface area contributed by atoms with Crippen LogP contribution < -0.4 is 10.5 Å². The van der Waals surface area contributed by atoms with Crippen molar-refractivity contribution >= 4 is 30.1 Å². The molecule has 4 nitrogen and oxygen atoms in total. The Morgan fingerprint density at radius 2 is 2.09 bits per heavy atom. The van der Waals surface area contributed by atoms with Crippen molar-refractivity contribution in [1.82, 2.24) is 4.90 Å². The molecule has 2 atom stereocenters. The van der Waals surface area contributed by atoms with E-state index in [0.717, 1.165) is 30.0 Å². The third-order valence-corrected chi connectivity index (χ3v) is 4.99. The Kier molecular flexibility index (Phi) is 8.07. The number of piperidine rings is 1. The van der Waals surface area contributed by atoms with Gasteiger partial charge in [-0.1, -0.05) is 6.92 Å². The molecule has 0 spiro atoms. The third kappa shape index (κ3) is 5.07. The minimum atomic E-state index is 0. The summed E-state index contributed by atoms with van der Waals surface area (Å²) in [6.45, 7) is 3.63. The van der Waals surface area contributed by atoms with E-state index in [1.165, 1.54) is 0 Å². The molecule has 0 saturated carbocycles. The number of amides is 1. The SMILES string of the molecule is COc1ccc(SCC(=O)N2CCC(C)CC2CN)cc1.Cl. The number of benzene rings is 1. The Balaban J connectivity index is 0.00000242. The lowest BCUT2D eigenvalue weighted by molar-refractivity contribution is -0.132. The summed E-state index contributed by atoms with van der Waals surface area (Å²) in [5.41, 5.74) is 5.82. The molecule has 1 aromatic rings. The van der Waals surface area contributed by atoms with Gasteiger partial charge in [0, 0.05) is 24.0 Å². The van der Waals surface area contributed by atoms with Crippen LogP contribution in [0.5, 0.6) is 5.75 Å². The van der Waals surface area contributed by atoms with E-state index in [4.69, 9.17) is 10.5 Å². The van der Waals surface area contributed by atoms with Crippen molar-refractivity contribution < 1.29 is 9.53 Å². The highest BCUT2D eigenvalue weighted by molar-refractivity contribution is 8.00. The van der Waals surface area contributed by atoms with Crippen LogP contribution in [0.25, 0.3) is 0 Å². The van der Waals surface area contributed by atoms with Crippen LogP contribution in [0.15, 0.2) is 29.2 Å². The Labute approximate surface area is 143 Å². The Morgan fingerprint density at radius 3 is 2.68 bits per heavy atom. The van der Waals surface area contributed by atoms with Gasteiger partial charge in [0.15, 0.2) is 0 Å². The van der Waals surface area contributed by atoms with Gasteiger partial charge in [-0.15, -0.1) is 24.2 Å². The van der Waals surface area contributed by atoms with Crippen molar-refractivity contribution in [3.8, 4) is 5.75 Å². The number of hydrogen-bond acceptors (Lipinski definition) is 4. The zero-order chi connectivity index (χ0) is 15.2. The van der Waals surface area contributed by atoms with Crippen LogP contribution >= 0.6 is 24.2 Å². The lowest BCUT2D eigenvalue weighted by Crippen LogP contribution is -2.49. The van der Waals surface area contributed by atoms with Gasteiger partial charge in [0.2, 0.25) is 5.91 Å². The first-order chi connectivity index (χ1) is 10.1. The van der Waals surface area contributed by atoms with E-state index < -0.39 is 0 Å². The van der Waals surface area contributed by atoms with Crippen LogP contribution in [-0.2, 0) is 4.79 Å². The number of hydrogen-bond donors (Lipinski definition) is 1. The molecule has 0 radical (unpaired) electrons. The van der Waals surface area contributed by atoms with Crippen molar-refractivity contribution in [1.29, 1.82) is 0 Å². The van der Waals surface area contributed by atoms with Gasteiger partial charge < -0.3 is 15.4 Å². The van der Waals surface area contributed by atoms with Crippen LogP contribution in [0.2, 0.25) is 0 Å². The number of nitrogens with two attached hydrogens (primary N) is 1. The number of ether oxygens (including phenoxy) is 1. The topological polar surface area (TPSA) is 55.6 Å². The Bertz CT molecular complexity index is 470. The average Bonchev–Trinajstić information content (AvgIpc) is 2.52. The molecule has 1 saturated heterocycles. The summed E-state index contributed by atoms with van der Waals surface area (Å²) in [5, 5.41) is 0. The van der Waals surface area contributed by atoms with Gasteiger partial charge in [0.05, 0.1) is 12.9 Å². The summed E-state index contributed by atoms with van der Waals surface area (Å²) < 4.78 is 5.13. The zero-order valence-electron chi connectivity index (χ0n) is 13.2. The van der Waals surface area contributed by atoms with Gasteiger partial charge in [-0.05, 0) is 43.0 Å². The molecule has 2 N–H and O–H groups in total. The summed E-state index contributed by atoms with van der Waals surface area (Å²) in [6, 6.07) is 8.00. The van der Waals surface area contributed by atoms with Crippen molar-refractivity contribution in [2.24, 2.45) is 11.7 Å². The standard InChI is InChI=1S/C16H24N2O2S.ClH/c1-12-7-8-18(13(9-12)10-17)16(19)11-21-15-5-3-14(20-2)4-6-15;/h3-6,12-13H,7-11,17H2,1-2H3;1H. The first-order valence-electron chi connectivity index (χ1n) is 7.40. The number of halogens is 1. The highest BCUT2D eigenvalue weighted by Gasteiger charge is 2.28. The van der Waals surface area contributed by atoms with Crippen LogP contribution in [0.1, 0.15) is 19.8 Å². The second-order valence-corrected chi connectivity index (χ2v) is 6.62. The molecule has 2 unspecified atom stereocenters. The number of carbonyl (C=O) groups is 1. The largest absolute Gasteiger partial charge is 0.497 e. The number of carbonyl (C=O) groups excluding carboxylic acids is 1. The van der Waals surface area contributed by atoms with Crippen LogP contribution in [0, 0.1) is 5.92 Å². The maximum atomic E-state index is 12.4. The van der Waals surface area contributed by atoms with Crippen molar-refractivity contribution in [3.05, 3.63) is 24.3 Å². The van der Waals surface area contributed by atoms with Gasteiger partial charge in [-0.2, -0.15) is 0 Å². The van der Waals surface area contributed by atoms with E-state index in [-0.39, 0.29) is 24.4 Å². The molecule has 2 rings (SSSR count). The van der Waals surface area contributed by atoms with Crippen molar-refractivity contribution in [2.75, 3.05) is 26.0 Å².